The SMILES string of the molecule is CCCCOCCNS(=O)(=O)c1cc(CNCC)sc1Br. The molecule has 0 bridgehead atoms. The Morgan fingerprint density at radius 2 is 2.10 bits per heavy atom. The molecular formula is C13H23BrN2O3S2. The van der Waals surface area contributed by atoms with Crippen molar-refractivity contribution in [1.82, 2.24) is 10.0 Å². The predicted octanol–water partition coefficient (Wildman–Crippen LogP) is 2.72. The fourth-order valence-electron chi connectivity index (χ4n) is 1.59. The standard InChI is InChI=1S/C13H23BrN2O3S2/c1-3-5-7-19-8-6-16-21(17,18)12-9-11(10-15-4-2)20-13(12)14/h9,15-16H,3-8,10H2,1-2H3. The number of rotatable bonds is 11. The normalized spacial score (nSPS) is 12.0. The molecule has 5 nitrogen and oxygen atoms in total. The summed E-state index contributed by atoms with van der Waals surface area (Å²) in [5.74, 6) is 0. The third kappa shape index (κ3) is 6.75. The molecule has 1 heterocycles. The zero-order chi connectivity index (χ0) is 15.7. The van der Waals surface area contributed by atoms with Gasteiger partial charge in [0.25, 0.3) is 0 Å². The fourth-order valence-corrected chi connectivity index (χ4v) is 5.25. The van der Waals surface area contributed by atoms with Crippen LogP contribution in [-0.2, 0) is 21.3 Å². The van der Waals surface area contributed by atoms with Gasteiger partial charge in [0, 0.05) is 24.6 Å². The summed E-state index contributed by atoms with van der Waals surface area (Å²) in [7, 11) is -3.48. The number of hydrogen-bond acceptors (Lipinski definition) is 5. The Balaban J connectivity index is 2.51. The maximum atomic E-state index is 12.2. The van der Waals surface area contributed by atoms with Crippen LogP contribution in [0.1, 0.15) is 31.6 Å². The van der Waals surface area contributed by atoms with E-state index in [1.54, 1.807) is 6.07 Å². The minimum Gasteiger partial charge on any atom is -0.380 e. The van der Waals surface area contributed by atoms with Crippen molar-refractivity contribution in [3.8, 4) is 0 Å². The Morgan fingerprint density at radius 3 is 2.76 bits per heavy atom. The highest BCUT2D eigenvalue weighted by molar-refractivity contribution is 9.11. The van der Waals surface area contributed by atoms with Crippen LogP contribution in [0.5, 0.6) is 0 Å². The highest BCUT2D eigenvalue weighted by Crippen LogP contribution is 2.31. The summed E-state index contributed by atoms with van der Waals surface area (Å²) < 4.78 is 33.0. The Kier molecular flexibility index (Phi) is 9.00. The van der Waals surface area contributed by atoms with Gasteiger partial charge in [0.05, 0.1) is 10.4 Å². The molecular weight excluding hydrogens is 376 g/mol. The number of unbranched alkanes of at least 4 members (excludes halogenated alkanes) is 1. The van der Waals surface area contributed by atoms with Gasteiger partial charge >= 0.3 is 0 Å². The summed E-state index contributed by atoms with van der Waals surface area (Å²) in [6.45, 7) is 6.99. The van der Waals surface area contributed by atoms with Gasteiger partial charge in [0.1, 0.15) is 4.90 Å². The molecule has 0 saturated heterocycles. The monoisotopic (exact) mass is 398 g/mol. The van der Waals surface area contributed by atoms with E-state index in [0.717, 1.165) is 24.3 Å². The Hall–Kier alpha value is 0.01000. The van der Waals surface area contributed by atoms with Crippen LogP contribution in [0.2, 0.25) is 0 Å². The van der Waals surface area contributed by atoms with Gasteiger partial charge in [-0.15, -0.1) is 11.3 Å². The number of ether oxygens (including phenoxy) is 1. The van der Waals surface area contributed by atoms with Crippen LogP contribution >= 0.6 is 27.3 Å². The third-order valence-electron chi connectivity index (χ3n) is 2.73. The van der Waals surface area contributed by atoms with Gasteiger partial charge in [0.15, 0.2) is 0 Å². The van der Waals surface area contributed by atoms with Crippen LogP contribution in [0.4, 0.5) is 0 Å². The summed E-state index contributed by atoms with van der Waals surface area (Å²) in [4.78, 5) is 1.29. The van der Waals surface area contributed by atoms with Crippen LogP contribution in [-0.4, -0.2) is 34.7 Å². The lowest BCUT2D eigenvalue weighted by atomic mass is 10.4. The van der Waals surface area contributed by atoms with E-state index < -0.39 is 10.0 Å². The van der Waals surface area contributed by atoms with Gasteiger partial charge in [-0.2, -0.15) is 0 Å². The molecule has 0 unspecified atom stereocenters. The zero-order valence-electron chi connectivity index (χ0n) is 12.4. The molecule has 21 heavy (non-hydrogen) atoms. The van der Waals surface area contributed by atoms with Crippen LogP contribution in [0.3, 0.4) is 0 Å². The molecule has 122 valence electrons. The van der Waals surface area contributed by atoms with Crippen molar-refractivity contribution in [3.05, 3.63) is 14.7 Å². The van der Waals surface area contributed by atoms with E-state index in [1.165, 1.54) is 11.3 Å². The molecule has 0 fully saturated rings. The van der Waals surface area contributed by atoms with Gasteiger partial charge < -0.3 is 10.1 Å². The molecule has 1 aromatic rings. The molecule has 1 rings (SSSR count). The van der Waals surface area contributed by atoms with Gasteiger partial charge in [-0.05, 0) is 35.0 Å². The van der Waals surface area contributed by atoms with Crippen LogP contribution in [0.25, 0.3) is 0 Å². The van der Waals surface area contributed by atoms with Crippen LogP contribution in [0.15, 0.2) is 14.7 Å². The summed E-state index contributed by atoms with van der Waals surface area (Å²) >= 11 is 4.76. The average Bonchev–Trinajstić information content (AvgIpc) is 2.82. The number of halogens is 1. The number of sulfonamides is 1. The van der Waals surface area contributed by atoms with Crippen molar-refractivity contribution in [3.63, 3.8) is 0 Å². The Bertz CT molecular complexity index is 517. The molecule has 0 spiro atoms. The quantitative estimate of drug-likeness (QED) is 0.562. The lowest BCUT2D eigenvalue weighted by Gasteiger charge is -2.06. The molecule has 0 amide bonds. The molecule has 0 aliphatic heterocycles. The summed E-state index contributed by atoms with van der Waals surface area (Å²) in [5.41, 5.74) is 0. The van der Waals surface area contributed by atoms with Crippen molar-refractivity contribution in [2.75, 3.05) is 26.3 Å². The first kappa shape index (κ1) is 19.1. The van der Waals surface area contributed by atoms with Gasteiger partial charge in [-0.1, -0.05) is 20.3 Å². The van der Waals surface area contributed by atoms with E-state index in [4.69, 9.17) is 4.74 Å². The zero-order valence-corrected chi connectivity index (χ0v) is 15.7. The molecule has 2 N–H and O–H groups in total. The maximum Gasteiger partial charge on any atom is 0.242 e. The second-order valence-corrected chi connectivity index (χ2v) is 8.68. The van der Waals surface area contributed by atoms with E-state index in [1.807, 2.05) is 6.92 Å². The number of thiophene rings is 1. The Morgan fingerprint density at radius 1 is 1.33 bits per heavy atom. The molecule has 0 radical (unpaired) electrons. The van der Waals surface area contributed by atoms with E-state index in [0.29, 0.717) is 28.4 Å². The summed E-state index contributed by atoms with van der Waals surface area (Å²) in [5, 5.41) is 3.18. The lowest BCUT2D eigenvalue weighted by Crippen LogP contribution is -2.27. The largest absolute Gasteiger partial charge is 0.380 e. The van der Waals surface area contributed by atoms with Crippen molar-refractivity contribution in [1.29, 1.82) is 0 Å². The van der Waals surface area contributed by atoms with Crippen LogP contribution in [0, 0.1) is 0 Å². The molecule has 0 saturated carbocycles. The first-order chi connectivity index (χ1) is 10.0. The minimum absolute atomic E-state index is 0.289. The average molecular weight is 399 g/mol. The third-order valence-corrected chi connectivity index (χ3v) is 6.44. The maximum absolute atomic E-state index is 12.2. The van der Waals surface area contributed by atoms with Crippen molar-refractivity contribution >= 4 is 37.3 Å². The first-order valence-electron chi connectivity index (χ1n) is 7.07. The van der Waals surface area contributed by atoms with E-state index in [2.05, 4.69) is 32.9 Å². The summed E-state index contributed by atoms with van der Waals surface area (Å²) in [6, 6.07) is 1.71. The molecule has 1 aromatic heterocycles. The number of hydrogen-bond donors (Lipinski definition) is 2. The van der Waals surface area contributed by atoms with E-state index in [-0.39, 0.29) is 6.54 Å². The second-order valence-electron chi connectivity index (χ2n) is 4.49. The van der Waals surface area contributed by atoms with Gasteiger partial charge in [0.2, 0.25) is 10.0 Å². The highest BCUT2D eigenvalue weighted by Gasteiger charge is 2.20. The molecule has 0 atom stereocenters. The highest BCUT2D eigenvalue weighted by atomic mass is 79.9. The van der Waals surface area contributed by atoms with Gasteiger partial charge in [-0.25, -0.2) is 13.1 Å². The smallest absolute Gasteiger partial charge is 0.242 e. The molecule has 8 heteroatoms. The van der Waals surface area contributed by atoms with Crippen molar-refractivity contribution in [2.24, 2.45) is 0 Å². The van der Waals surface area contributed by atoms with Crippen molar-refractivity contribution < 1.29 is 13.2 Å². The fraction of sp³-hybridized carbons (Fsp3) is 0.692. The van der Waals surface area contributed by atoms with E-state index >= 15 is 0 Å². The van der Waals surface area contributed by atoms with E-state index in [9.17, 15) is 8.42 Å². The Labute approximate surface area is 139 Å². The molecule has 0 aromatic carbocycles. The first-order valence-corrected chi connectivity index (χ1v) is 10.2. The topological polar surface area (TPSA) is 67.4 Å². The van der Waals surface area contributed by atoms with Gasteiger partial charge in [-0.3, -0.25) is 0 Å². The molecule has 0 aliphatic rings. The number of nitrogens with one attached hydrogen (secondary N) is 2. The summed E-state index contributed by atoms with van der Waals surface area (Å²) in [6.07, 6.45) is 2.07. The second kappa shape index (κ2) is 9.91. The lowest BCUT2D eigenvalue weighted by molar-refractivity contribution is 0.136. The predicted molar refractivity (Wildman–Crippen MR) is 90.3 cm³/mol. The van der Waals surface area contributed by atoms with Crippen molar-refractivity contribution in [2.45, 2.75) is 38.1 Å². The van der Waals surface area contributed by atoms with Crippen LogP contribution < -0.4 is 10.0 Å². The molecule has 0 aliphatic carbocycles. The minimum atomic E-state index is -3.48.